The third-order valence-corrected chi connectivity index (χ3v) is 8.53. The number of rotatable bonds is 20. The van der Waals surface area contributed by atoms with Crippen molar-refractivity contribution in [2.24, 2.45) is 0 Å². The zero-order valence-corrected chi connectivity index (χ0v) is 28.5. The van der Waals surface area contributed by atoms with Crippen LogP contribution >= 0.6 is 0 Å². The van der Waals surface area contributed by atoms with Gasteiger partial charge in [0.05, 0.1) is 85.7 Å². The highest BCUT2D eigenvalue weighted by molar-refractivity contribution is 7.85. The van der Waals surface area contributed by atoms with Crippen molar-refractivity contribution in [3.63, 3.8) is 0 Å². The van der Waals surface area contributed by atoms with Gasteiger partial charge in [0.2, 0.25) is 5.91 Å². The van der Waals surface area contributed by atoms with E-state index in [-0.39, 0.29) is 53.4 Å². The van der Waals surface area contributed by atoms with Gasteiger partial charge in [-0.25, -0.2) is 4.21 Å². The number of nitrogens with zero attached hydrogens (tertiary/aromatic N) is 2. The van der Waals surface area contributed by atoms with Gasteiger partial charge in [-0.3, -0.25) is 19.0 Å². The standard InChI is InChI=1S/C34H39F3N4O8S/c1-3-31(42)39-11-13-46-15-17-48-19-20-49-18-16-47-14-12-40-32(43)29-22-30(50(45)28-9-7-25(23-38)8-10-28)24(2)41(33(29)44)27-6-4-5-26(21-27)34(35,36)37/h4-10,21-22H,3,11-20H2,1-2H3,(H,39,42)(H,40,43). The molecule has 0 aliphatic carbocycles. The second-order valence-corrected chi connectivity index (χ2v) is 12.0. The van der Waals surface area contributed by atoms with E-state index >= 15 is 0 Å². The first-order valence-electron chi connectivity index (χ1n) is 15.7. The van der Waals surface area contributed by atoms with Crippen molar-refractivity contribution >= 4 is 22.6 Å². The fourth-order valence-corrected chi connectivity index (χ4v) is 5.65. The van der Waals surface area contributed by atoms with Gasteiger partial charge in [0.15, 0.2) is 0 Å². The van der Waals surface area contributed by atoms with Gasteiger partial charge in [-0.05, 0) is 55.5 Å². The second kappa shape index (κ2) is 20.3. The van der Waals surface area contributed by atoms with E-state index in [2.05, 4.69) is 10.6 Å². The van der Waals surface area contributed by atoms with Gasteiger partial charge in [-0.15, -0.1) is 0 Å². The van der Waals surface area contributed by atoms with Gasteiger partial charge in [-0.1, -0.05) is 13.0 Å². The normalized spacial score (nSPS) is 11.9. The number of hydrogen-bond donors (Lipinski definition) is 2. The molecule has 0 fully saturated rings. The molecule has 2 N–H and O–H groups in total. The van der Waals surface area contributed by atoms with Crippen molar-refractivity contribution in [3.8, 4) is 11.8 Å². The molecule has 3 aromatic rings. The molecule has 0 spiro atoms. The maximum absolute atomic E-state index is 13.6. The summed E-state index contributed by atoms with van der Waals surface area (Å²) in [5.41, 5.74) is -2.10. The lowest BCUT2D eigenvalue weighted by atomic mass is 10.1. The highest BCUT2D eigenvalue weighted by atomic mass is 32.2. The number of carbonyl (C=O) groups is 2. The minimum absolute atomic E-state index is 0.00497. The molecule has 1 atom stereocenters. The minimum atomic E-state index is -4.69. The van der Waals surface area contributed by atoms with Gasteiger partial charge in [0.25, 0.3) is 11.5 Å². The fourth-order valence-electron chi connectivity index (χ4n) is 4.42. The summed E-state index contributed by atoms with van der Waals surface area (Å²) in [6.45, 7) is 6.00. The molecule has 270 valence electrons. The van der Waals surface area contributed by atoms with E-state index in [4.69, 9.17) is 24.2 Å². The number of pyridine rings is 1. The van der Waals surface area contributed by atoms with E-state index in [1.165, 1.54) is 43.3 Å². The number of ether oxygens (including phenoxy) is 4. The Kier molecular flexibility index (Phi) is 16.3. The lowest BCUT2D eigenvalue weighted by molar-refractivity contribution is -0.137. The Bertz CT molecular complexity index is 1710. The van der Waals surface area contributed by atoms with E-state index in [1.54, 1.807) is 6.92 Å². The van der Waals surface area contributed by atoms with Gasteiger partial charge in [0, 0.05) is 35.8 Å². The largest absolute Gasteiger partial charge is 0.416 e. The SMILES string of the molecule is CCC(=O)NCCOCCOCCOCCOCCNC(=O)c1cc(S(=O)c2ccc(C#N)cc2)c(C)n(-c2cccc(C(F)(F)F)c2)c1=O. The number of benzene rings is 2. The van der Waals surface area contributed by atoms with E-state index in [1.807, 2.05) is 6.07 Å². The van der Waals surface area contributed by atoms with Crippen molar-refractivity contribution in [3.05, 3.63) is 87.3 Å². The van der Waals surface area contributed by atoms with Gasteiger partial charge in [-0.2, -0.15) is 18.4 Å². The van der Waals surface area contributed by atoms with Gasteiger partial charge < -0.3 is 29.6 Å². The Hall–Kier alpha value is -4.40. The summed E-state index contributed by atoms with van der Waals surface area (Å²) in [4.78, 5) is 38.2. The number of hydrogen-bond acceptors (Lipinski definition) is 9. The molecule has 0 radical (unpaired) electrons. The summed E-state index contributed by atoms with van der Waals surface area (Å²) in [5.74, 6) is -0.865. The highest BCUT2D eigenvalue weighted by Gasteiger charge is 2.31. The number of halogens is 3. The molecule has 2 amide bonds. The molecule has 3 rings (SSSR count). The van der Waals surface area contributed by atoms with E-state index < -0.39 is 39.6 Å². The average Bonchev–Trinajstić information content (AvgIpc) is 3.10. The molecule has 2 aromatic carbocycles. The van der Waals surface area contributed by atoms with Crippen LogP contribution in [0.25, 0.3) is 5.69 Å². The monoisotopic (exact) mass is 720 g/mol. The third-order valence-electron chi connectivity index (χ3n) is 7.01. The third kappa shape index (κ3) is 12.2. The fraction of sp³-hybridized carbons (Fsp3) is 0.412. The van der Waals surface area contributed by atoms with Crippen molar-refractivity contribution in [2.75, 3.05) is 65.9 Å². The van der Waals surface area contributed by atoms with Crippen LogP contribution in [-0.2, 0) is 40.7 Å². The summed E-state index contributed by atoms with van der Waals surface area (Å²) < 4.78 is 76.8. The average molecular weight is 721 g/mol. The summed E-state index contributed by atoms with van der Waals surface area (Å²) in [6, 6.07) is 13.0. The molecular formula is C34H39F3N4O8S. The molecule has 16 heteroatoms. The number of aromatic nitrogens is 1. The highest BCUT2D eigenvalue weighted by Crippen LogP contribution is 2.31. The molecule has 50 heavy (non-hydrogen) atoms. The summed E-state index contributed by atoms with van der Waals surface area (Å²) in [6.07, 6.45) is -4.27. The predicted octanol–water partition coefficient (Wildman–Crippen LogP) is 3.53. The molecule has 0 saturated carbocycles. The van der Waals surface area contributed by atoms with Crippen LogP contribution in [0.5, 0.6) is 0 Å². The molecule has 1 heterocycles. The van der Waals surface area contributed by atoms with E-state index in [0.717, 1.165) is 22.8 Å². The van der Waals surface area contributed by atoms with Crippen LogP contribution in [0.1, 0.15) is 40.5 Å². The summed E-state index contributed by atoms with van der Waals surface area (Å²) >= 11 is 0. The lowest BCUT2D eigenvalue weighted by Gasteiger charge is -2.18. The van der Waals surface area contributed by atoms with Crippen LogP contribution in [0.4, 0.5) is 13.2 Å². The van der Waals surface area contributed by atoms with Crippen LogP contribution in [0.3, 0.4) is 0 Å². The Morgan fingerprint density at radius 3 is 1.96 bits per heavy atom. The number of nitrogens with one attached hydrogen (secondary N) is 2. The molecular weight excluding hydrogens is 681 g/mol. The van der Waals surface area contributed by atoms with Crippen LogP contribution in [0.2, 0.25) is 0 Å². The maximum atomic E-state index is 13.6. The zero-order valence-electron chi connectivity index (χ0n) is 27.7. The first kappa shape index (κ1) is 40.0. The van der Waals surface area contributed by atoms with Crippen molar-refractivity contribution in [1.82, 2.24) is 15.2 Å². The molecule has 0 aliphatic rings. The van der Waals surface area contributed by atoms with Crippen LogP contribution in [0, 0.1) is 18.3 Å². The van der Waals surface area contributed by atoms with E-state index in [0.29, 0.717) is 51.6 Å². The Morgan fingerprint density at radius 1 is 0.860 bits per heavy atom. The van der Waals surface area contributed by atoms with Crippen LogP contribution in [0.15, 0.2) is 69.2 Å². The van der Waals surface area contributed by atoms with Crippen molar-refractivity contribution in [1.29, 1.82) is 5.26 Å². The van der Waals surface area contributed by atoms with Gasteiger partial charge >= 0.3 is 6.18 Å². The number of nitriles is 1. The summed E-state index contributed by atoms with van der Waals surface area (Å²) in [5, 5.41) is 14.4. The first-order chi connectivity index (χ1) is 24.0. The molecule has 12 nitrogen and oxygen atoms in total. The first-order valence-corrected chi connectivity index (χ1v) is 16.8. The van der Waals surface area contributed by atoms with Crippen LogP contribution in [-0.4, -0.2) is 86.5 Å². The number of alkyl halides is 3. The Balaban J connectivity index is 1.56. The second-order valence-electron chi connectivity index (χ2n) is 10.5. The molecule has 0 saturated heterocycles. The van der Waals surface area contributed by atoms with Crippen LogP contribution < -0.4 is 16.2 Å². The zero-order chi connectivity index (χ0) is 36.5. The minimum Gasteiger partial charge on any atom is -0.377 e. The lowest BCUT2D eigenvalue weighted by Crippen LogP contribution is -2.35. The molecule has 1 aromatic heterocycles. The topological polar surface area (TPSA) is 158 Å². The maximum Gasteiger partial charge on any atom is 0.416 e. The Labute approximate surface area is 289 Å². The number of amides is 2. The molecule has 0 bridgehead atoms. The Morgan fingerprint density at radius 2 is 1.42 bits per heavy atom. The van der Waals surface area contributed by atoms with Crippen molar-refractivity contribution < 1.29 is 45.9 Å². The van der Waals surface area contributed by atoms with Gasteiger partial charge in [0.1, 0.15) is 5.56 Å². The number of carbonyl (C=O) groups excluding carboxylic acids is 2. The van der Waals surface area contributed by atoms with E-state index in [9.17, 15) is 31.8 Å². The summed E-state index contributed by atoms with van der Waals surface area (Å²) in [7, 11) is -1.97. The quantitative estimate of drug-likeness (QED) is 0.167. The molecule has 1 unspecified atom stereocenters. The molecule has 0 aliphatic heterocycles. The van der Waals surface area contributed by atoms with Crippen molar-refractivity contribution in [2.45, 2.75) is 36.2 Å². The smallest absolute Gasteiger partial charge is 0.377 e. The predicted molar refractivity (Wildman–Crippen MR) is 177 cm³/mol.